The van der Waals surface area contributed by atoms with Gasteiger partial charge >= 0.3 is 5.97 Å². The van der Waals surface area contributed by atoms with Crippen LogP contribution in [-0.2, 0) is 24.5 Å². The average molecular weight is 298 g/mol. The minimum Gasteiger partial charge on any atom is -0.469 e. The van der Waals surface area contributed by atoms with Crippen LogP contribution in [0.1, 0.15) is 12.8 Å². The van der Waals surface area contributed by atoms with E-state index in [0.717, 1.165) is 4.31 Å². The maximum absolute atomic E-state index is 11.7. The number of hydrogen-bond acceptors (Lipinski definition) is 6. The number of nitrogens with one attached hydrogen (secondary N) is 1. The van der Waals surface area contributed by atoms with Gasteiger partial charge in [-0.2, -0.15) is 12.7 Å². The molecule has 8 nitrogen and oxygen atoms in total. The van der Waals surface area contributed by atoms with Crippen molar-refractivity contribution in [3.05, 3.63) is 0 Å². The molecule has 0 aromatic heterocycles. The Kier molecular flexibility index (Phi) is 9.70. The lowest BCUT2D eigenvalue weighted by atomic mass is 10.4. The van der Waals surface area contributed by atoms with E-state index in [1.54, 1.807) is 0 Å². The summed E-state index contributed by atoms with van der Waals surface area (Å²) in [5, 5.41) is 8.47. The zero-order chi connectivity index (χ0) is 14.7. The molecule has 0 aliphatic rings. The zero-order valence-electron chi connectivity index (χ0n) is 11.3. The molecule has 0 aromatic carbocycles. The Labute approximate surface area is 113 Å². The van der Waals surface area contributed by atoms with E-state index in [-0.39, 0.29) is 32.7 Å². The third kappa shape index (κ3) is 8.89. The number of esters is 1. The number of hydrogen-bond donors (Lipinski definition) is 2. The molecule has 0 aliphatic carbocycles. The predicted octanol–water partition coefficient (Wildman–Crippen LogP) is -1.29. The molecule has 0 rings (SSSR count). The van der Waals surface area contributed by atoms with Crippen LogP contribution in [0.3, 0.4) is 0 Å². The van der Waals surface area contributed by atoms with E-state index in [1.165, 1.54) is 14.2 Å². The van der Waals surface area contributed by atoms with E-state index in [1.807, 2.05) is 0 Å². The summed E-state index contributed by atoms with van der Waals surface area (Å²) in [7, 11) is -0.952. The van der Waals surface area contributed by atoms with Gasteiger partial charge in [0.15, 0.2) is 0 Å². The molecule has 0 heterocycles. The van der Waals surface area contributed by atoms with Gasteiger partial charge in [0, 0.05) is 26.7 Å². The standard InChI is InChI=1S/C10H22N2O6S/c1-12(6-4-10(14)17-2)19(15,16)11-5-3-8-18-9-7-13/h11,13H,3-9H2,1-2H3. The van der Waals surface area contributed by atoms with E-state index in [9.17, 15) is 13.2 Å². The second kappa shape index (κ2) is 10.1. The first kappa shape index (κ1) is 18.3. The lowest BCUT2D eigenvalue weighted by molar-refractivity contribution is -0.140. The molecule has 0 saturated heterocycles. The van der Waals surface area contributed by atoms with Crippen molar-refractivity contribution in [3.63, 3.8) is 0 Å². The van der Waals surface area contributed by atoms with Crippen molar-refractivity contribution in [2.24, 2.45) is 0 Å². The summed E-state index contributed by atoms with van der Waals surface area (Å²) in [6.07, 6.45) is 0.512. The number of ether oxygens (including phenoxy) is 2. The highest BCUT2D eigenvalue weighted by atomic mass is 32.2. The second-order valence-corrected chi connectivity index (χ2v) is 5.60. The van der Waals surface area contributed by atoms with Gasteiger partial charge in [-0.05, 0) is 6.42 Å². The number of aliphatic hydroxyl groups excluding tert-OH is 1. The van der Waals surface area contributed by atoms with Crippen LogP contribution in [0.25, 0.3) is 0 Å². The summed E-state index contributed by atoms with van der Waals surface area (Å²) in [5.41, 5.74) is 0. The van der Waals surface area contributed by atoms with Crippen LogP contribution in [0.4, 0.5) is 0 Å². The topological polar surface area (TPSA) is 105 Å². The highest BCUT2D eigenvalue weighted by molar-refractivity contribution is 7.87. The van der Waals surface area contributed by atoms with Gasteiger partial charge in [0.05, 0.1) is 26.7 Å². The highest BCUT2D eigenvalue weighted by Crippen LogP contribution is 1.97. The molecule has 0 bridgehead atoms. The summed E-state index contributed by atoms with van der Waals surface area (Å²) in [6, 6.07) is 0. The second-order valence-electron chi connectivity index (χ2n) is 3.74. The largest absolute Gasteiger partial charge is 0.469 e. The fourth-order valence-corrected chi connectivity index (χ4v) is 2.08. The number of carbonyl (C=O) groups is 1. The first-order chi connectivity index (χ1) is 8.94. The van der Waals surface area contributed by atoms with Crippen molar-refractivity contribution in [2.45, 2.75) is 12.8 Å². The monoisotopic (exact) mass is 298 g/mol. The van der Waals surface area contributed by atoms with Crippen LogP contribution < -0.4 is 4.72 Å². The Morgan fingerprint density at radius 2 is 2.05 bits per heavy atom. The van der Waals surface area contributed by atoms with E-state index in [0.29, 0.717) is 13.0 Å². The molecule has 0 aliphatic heterocycles. The molecule has 0 saturated carbocycles. The number of carbonyl (C=O) groups excluding carboxylic acids is 1. The van der Waals surface area contributed by atoms with Crippen molar-refractivity contribution < 1.29 is 27.8 Å². The Balaban J connectivity index is 3.86. The molecule has 0 spiro atoms. The Morgan fingerprint density at radius 1 is 1.37 bits per heavy atom. The lowest BCUT2D eigenvalue weighted by Crippen LogP contribution is -2.39. The maximum atomic E-state index is 11.7. The first-order valence-electron chi connectivity index (χ1n) is 5.90. The molecule has 0 radical (unpaired) electrons. The molecular weight excluding hydrogens is 276 g/mol. The zero-order valence-corrected chi connectivity index (χ0v) is 12.1. The Morgan fingerprint density at radius 3 is 2.63 bits per heavy atom. The smallest absolute Gasteiger partial charge is 0.306 e. The van der Waals surface area contributed by atoms with Gasteiger partial charge in [-0.3, -0.25) is 4.79 Å². The van der Waals surface area contributed by atoms with Crippen LogP contribution in [0.15, 0.2) is 0 Å². The SMILES string of the molecule is COC(=O)CCN(C)S(=O)(=O)NCCCOCCO. The maximum Gasteiger partial charge on any atom is 0.306 e. The number of methoxy groups -OCH3 is 1. The van der Waals surface area contributed by atoms with Crippen molar-refractivity contribution >= 4 is 16.2 Å². The van der Waals surface area contributed by atoms with E-state index >= 15 is 0 Å². The molecule has 0 unspecified atom stereocenters. The quantitative estimate of drug-likeness (QED) is 0.363. The molecule has 0 atom stereocenters. The molecule has 0 fully saturated rings. The molecule has 19 heavy (non-hydrogen) atoms. The van der Waals surface area contributed by atoms with Crippen LogP contribution in [-0.4, -0.2) is 70.9 Å². The number of aliphatic hydroxyl groups is 1. The minimum absolute atomic E-state index is 0.00746. The summed E-state index contributed by atoms with van der Waals surface area (Å²) in [4.78, 5) is 10.9. The van der Waals surface area contributed by atoms with Gasteiger partial charge in [-0.25, -0.2) is 4.72 Å². The van der Waals surface area contributed by atoms with Crippen LogP contribution in [0, 0.1) is 0 Å². The van der Waals surface area contributed by atoms with E-state index < -0.39 is 16.2 Å². The molecule has 9 heteroatoms. The summed E-state index contributed by atoms with van der Waals surface area (Å²) in [6.45, 7) is 0.849. The predicted molar refractivity (Wildman–Crippen MR) is 68.7 cm³/mol. The van der Waals surface area contributed by atoms with Crippen LogP contribution in [0.5, 0.6) is 0 Å². The van der Waals surface area contributed by atoms with Crippen LogP contribution >= 0.6 is 0 Å². The molecule has 114 valence electrons. The normalized spacial score (nSPS) is 11.8. The van der Waals surface area contributed by atoms with Crippen LogP contribution in [0.2, 0.25) is 0 Å². The van der Waals surface area contributed by atoms with Crippen molar-refractivity contribution in [3.8, 4) is 0 Å². The van der Waals surface area contributed by atoms with E-state index in [2.05, 4.69) is 9.46 Å². The number of nitrogens with zero attached hydrogens (tertiary/aromatic N) is 1. The van der Waals surface area contributed by atoms with Gasteiger partial charge in [0.25, 0.3) is 10.2 Å². The lowest BCUT2D eigenvalue weighted by Gasteiger charge is -2.17. The average Bonchev–Trinajstić information content (AvgIpc) is 2.39. The van der Waals surface area contributed by atoms with Gasteiger partial charge in [-0.15, -0.1) is 0 Å². The fourth-order valence-electron chi connectivity index (χ4n) is 1.12. The van der Waals surface area contributed by atoms with Crippen molar-refractivity contribution in [1.29, 1.82) is 0 Å². The van der Waals surface area contributed by atoms with Gasteiger partial charge in [0.2, 0.25) is 0 Å². The van der Waals surface area contributed by atoms with Gasteiger partial charge in [0.1, 0.15) is 0 Å². The highest BCUT2D eigenvalue weighted by Gasteiger charge is 2.17. The third-order valence-electron chi connectivity index (χ3n) is 2.25. The molecule has 0 amide bonds. The molecular formula is C10H22N2O6S. The Bertz CT molecular complexity index is 346. The minimum atomic E-state index is -3.59. The van der Waals surface area contributed by atoms with E-state index in [4.69, 9.17) is 9.84 Å². The third-order valence-corrected chi connectivity index (χ3v) is 3.83. The summed E-state index contributed by atoms with van der Waals surface area (Å²) in [5.74, 6) is -0.459. The fraction of sp³-hybridized carbons (Fsp3) is 0.900. The summed E-state index contributed by atoms with van der Waals surface area (Å²) >= 11 is 0. The molecule has 2 N–H and O–H groups in total. The first-order valence-corrected chi connectivity index (χ1v) is 7.34. The van der Waals surface area contributed by atoms with Crippen molar-refractivity contribution in [1.82, 2.24) is 9.03 Å². The Hall–Kier alpha value is -0.740. The van der Waals surface area contributed by atoms with Gasteiger partial charge in [-0.1, -0.05) is 0 Å². The van der Waals surface area contributed by atoms with Crippen molar-refractivity contribution in [2.75, 3.05) is 47.1 Å². The molecule has 0 aromatic rings. The summed E-state index contributed by atoms with van der Waals surface area (Å²) < 4.78 is 36.3. The number of rotatable bonds is 11. The van der Waals surface area contributed by atoms with Gasteiger partial charge < -0.3 is 14.6 Å².